The van der Waals surface area contributed by atoms with Crippen LogP contribution in [-0.2, 0) is 4.79 Å². The number of aryl methyl sites for hydroxylation is 1. The summed E-state index contributed by atoms with van der Waals surface area (Å²) in [5.41, 5.74) is 2.12. The molecule has 8 heteroatoms. The van der Waals surface area contributed by atoms with Gasteiger partial charge in [0.25, 0.3) is 5.91 Å². The number of carbonyl (C=O) groups excluding carboxylic acids is 1. The monoisotopic (exact) mass is 436 g/mol. The fourth-order valence-corrected chi connectivity index (χ4v) is 3.65. The first kappa shape index (κ1) is 21.8. The molecule has 8 nitrogen and oxygen atoms in total. The standard InChI is InChI=1S/C24H28N4O4/c1-17-4-6-19(7-5-17)23-25-24(32-26-23)18(2)27-12-14-28(15-13-27)22(29)16-31-21-10-8-20(30-3)9-11-21/h4-11,18H,12-16H2,1-3H3. The molecule has 3 aromatic rings. The molecular formula is C24H28N4O4. The molecule has 2 aromatic carbocycles. The van der Waals surface area contributed by atoms with Crippen LogP contribution in [0.15, 0.2) is 53.1 Å². The van der Waals surface area contributed by atoms with E-state index < -0.39 is 0 Å². The summed E-state index contributed by atoms with van der Waals surface area (Å²) in [5, 5.41) is 4.14. The Morgan fingerprint density at radius 2 is 1.69 bits per heavy atom. The molecule has 1 aliphatic rings. The van der Waals surface area contributed by atoms with Crippen molar-refractivity contribution in [1.82, 2.24) is 19.9 Å². The minimum Gasteiger partial charge on any atom is -0.497 e. The first-order valence-corrected chi connectivity index (χ1v) is 10.7. The van der Waals surface area contributed by atoms with Crippen LogP contribution in [0.25, 0.3) is 11.4 Å². The van der Waals surface area contributed by atoms with Gasteiger partial charge < -0.3 is 18.9 Å². The SMILES string of the molecule is COc1ccc(OCC(=O)N2CCN(C(C)c3nc(-c4ccc(C)cc4)no3)CC2)cc1. The van der Waals surface area contributed by atoms with Gasteiger partial charge in [-0.1, -0.05) is 35.0 Å². The fourth-order valence-electron chi connectivity index (χ4n) is 3.65. The minimum atomic E-state index is -0.0208. The molecule has 1 aliphatic heterocycles. The maximum Gasteiger partial charge on any atom is 0.260 e. The number of aromatic nitrogens is 2. The van der Waals surface area contributed by atoms with Crippen LogP contribution in [0.1, 0.15) is 24.4 Å². The molecule has 0 N–H and O–H groups in total. The molecule has 0 spiro atoms. The number of hydrogen-bond donors (Lipinski definition) is 0. The van der Waals surface area contributed by atoms with Crippen LogP contribution in [0.3, 0.4) is 0 Å². The molecule has 1 fully saturated rings. The third kappa shape index (κ3) is 5.08. The summed E-state index contributed by atoms with van der Waals surface area (Å²) in [7, 11) is 1.61. The highest BCUT2D eigenvalue weighted by molar-refractivity contribution is 5.77. The number of amides is 1. The molecule has 0 bridgehead atoms. The molecule has 1 amide bonds. The predicted molar refractivity (Wildman–Crippen MR) is 120 cm³/mol. The number of rotatable bonds is 7. The minimum absolute atomic E-state index is 0.0190. The van der Waals surface area contributed by atoms with Gasteiger partial charge in [0.15, 0.2) is 6.61 Å². The summed E-state index contributed by atoms with van der Waals surface area (Å²) < 4.78 is 16.3. The third-order valence-electron chi connectivity index (χ3n) is 5.75. The highest BCUT2D eigenvalue weighted by Crippen LogP contribution is 2.24. The second-order valence-electron chi connectivity index (χ2n) is 7.88. The van der Waals surface area contributed by atoms with Crippen LogP contribution in [0, 0.1) is 6.92 Å². The van der Waals surface area contributed by atoms with Gasteiger partial charge in [-0.25, -0.2) is 0 Å². The number of nitrogens with zero attached hydrogens (tertiary/aromatic N) is 4. The van der Waals surface area contributed by atoms with E-state index in [0.717, 1.165) is 24.4 Å². The van der Waals surface area contributed by atoms with E-state index in [0.29, 0.717) is 30.6 Å². The summed E-state index contributed by atoms with van der Waals surface area (Å²) in [6.45, 7) is 6.85. The number of hydrogen-bond acceptors (Lipinski definition) is 7. The fraction of sp³-hybridized carbons (Fsp3) is 0.375. The molecule has 2 heterocycles. The van der Waals surface area contributed by atoms with E-state index in [1.807, 2.05) is 48.2 Å². The molecule has 32 heavy (non-hydrogen) atoms. The number of piperazine rings is 1. The van der Waals surface area contributed by atoms with Crippen LogP contribution in [0.4, 0.5) is 0 Å². The van der Waals surface area contributed by atoms with Crippen LogP contribution in [0.5, 0.6) is 11.5 Å². The first-order chi connectivity index (χ1) is 15.5. The molecule has 0 radical (unpaired) electrons. The topological polar surface area (TPSA) is 80.9 Å². The first-order valence-electron chi connectivity index (χ1n) is 10.7. The Labute approximate surface area is 187 Å². The van der Waals surface area contributed by atoms with Crippen LogP contribution in [-0.4, -0.2) is 65.7 Å². The zero-order chi connectivity index (χ0) is 22.5. The quantitative estimate of drug-likeness (QED) is 0.562. The molecule has 4 rings (SSSR count). The Kier molecular flexibility index (Phi) is 6.70. The maximum atomic E-state index is 12.5. The average molecular weight is 437 g/mol. The molecule has 1 aromatic heterocycles. The van der Waals surface area contributed by atoms with Crippen molar-refractivity contribution in [2.75, 3.05) is 39.9 Å². The molecule has 0 aliphatic carbocycles. The second kappa shape index (κ2) is 9.82. The highest BCUT2D eigenvalue weighted by atomic mass is 16.5. The zero-order valence-electron chi connectivity index (χ0n) is 18.7. The van der Waals surface area contributed by atoms with Crippen molar-refractivity contribution < 1.29 is 18.8 Å². The van der Waals surface area contributed by atoms with E-state index in [4.69, 9.17) is 14.0 Å². The number of benzene rings is 2. The van der Waals surface area contributed by atoms with Gasteiger partial charge in [0.1, 0.15) is 11.5 Å². The normalized spacial score (nSPS) is 15.4. The Bertz CT molecular complexity index is 1020. The summed E-state index contributed by atoms with van der Waals surface area (Å²) in [6.07, 6.45) is 0. The summed E-state index contributed by atoms with van der Waals surface area (Å²) in [6, 6.07) is 15.2. The Morgan fingerprint density at radius 1 is 1.03 bits per heavy atom. The van der Waals surface area contributed by atoms with Crippen molar-refractivity contribution in [3.63, 3.8) is 0 Å². The largest absolute Gasteiger partial charge is 0.497 e. The number of methoxy groups -OCH3 is 1. The van der Waals surface area contributed by atoms with Gasteiger partial charge in [0.05, 0.1) is 13.2 Å². The lowest BCUT2D eigenvalue weighted by atomic mass is 10.1. The van der Waals surface area contributed by atoms with Crippen molar-refractivity contribution in [2.24, 2.45) is 0 Å². The lowest BCUT2D eigenvalue weighted by Gasteiger charge is -2.36. The summed E-state index contributed by atoms with van der Waals surface area (Å²) in [5.74, 6) is 2.56. The summed E-state index contributed by atoms with van der Waals surface area (Å²) >= 11 is 0. The number of ether oxygens (including phenoxy) is 2. The van der Waals surface area contributed by atoms with E-state index in [9.17, 15) is 4.79 Å². The van der Waals surface area contributed by atoms with Gasteiger partial charge in [-0.15, -0.1) is 0 Å². The second-order valence-corrected chi connectivity index (χ2v) is 7.88. The van der Waals surface area contributed by atoms with E-state index in [1.165, 1.54) is 5.56 Å². The van der Waals surface area contributed by atoms with Crippen LogP contribution in [0.2, 0.25) is 0 Å². The van der Waals surface area contributed by atoms with E-state index in [1.54, 1.807) is 19.2 Å². The van der Waals surface area contributed by atoms with E-state index in [2.05, 4.69) is 22.0 Å². The van der Waals surface area contributed by atoms with E-state index in [-0.39, 0.29) is 18.6 Å². The Morgan fingerprint density at radius 3 is 2.34 bits per heavy atom. The lowest BCUT2D eigenvalue weighted by molar-refractivity contribution is -0.135. The molecule has 1 atom stereocenters. The average Bonchev–Trinajstić information content (AvgIpc) is 3.33. The Balaban J connectivity index is 1.27. The van der Waals surface area contributed by atoms with Crippen molar-refractivity contribution >= 4 is 5.91 Å². The van der Waals surface area contributed by atoms with E-state index >= 15 is 0 Å². The van der Waals surface area contributed by atoms with Gasteiger partial charge >= 0.3 is 0 Å². The number of carbonyl (C=O) groups is 1. The van der Waals surface area contributed by atoms with Crippen molar-refractivity contribution in [3.8, 4) is 22.9 Å². The molecular weight excluding hydrogens is 408 g/mol. The van der Waals surface area contributed by atoms with Crippen molar-refractivity contribution in [1.29, 1.82) is 0 Å². The zero-order valence-corrected chi connectivity index (χ0v) is 18.7. The molecule has 0 saturated carbocycles. The van der Waals surface area contributed by atoms with Gasteiger partial charge in [-0.3, -0.25) is 9.69 Å². The molecule has 1 unspecified atom stereocenters. The van der Waals surface area contributed by atoms with Gasteiger partial charge in [-0.05, 0) is 38.1 Å². The predicted octanol–water partition coefficient (Wildman–Crippen LogP) is 3.34. The highest BCUT2D eigenvalue weighted by Gasteiger charge is 2.28. The van der Waals surface area contributed by atoms with Gasteiger partial charge in [0.2, 0.25) is 11.7 Å². The van der Waals surface area contributed by atoms with Gasteiger partial charge in [-0.2, -0.15) is 4.98 Å². The molecule has 168 valence electrons. The third-order valence-corrected chi connectivity index (χ3v) is 5.75. The smallest absolute Gasteiger partial charge is 0.260 e. The van der Waals surface area contributed by atoms with Crippen LogP contribution < -0.4 is 9.47 Å². The lowest BCUT2D eigenvalue weighted by Crippen LogP contribution is -2.50. The Hall–Kier alpha value is -3.39. The van der Waals surface area contributed by atoms with Crippen LogP contribution >= 0.6 is 0 Å². The summed E-state index contributed by atoms with van der Waals surface area (Å²) in [4.78, 5) is 21.2. The van der Waals surface area contributed by atoms with Crippen molar-refractivity contribution in [2.45, 2.75) is 19.9 Å². The maximum absolute atomic E-state index is 12.5. The van der Waals surface area contributed by atoms with Gasteiger partial charge in [0, 0.05) is 31.7 Å². The molecule has 1 saturated heterocycles. The van der Waals surface area contributed by atoms with Crippen molar-refractivity contribution in [3.05, 3.63) is 60.0 Å².